The maximum atomic E-state index is 2.42. The minimum absolute atomic E-state index is 0.476. The summed E-state index contributed by atoms with van der Waals surface area (Å²) in [6.07, 6.45) is 27.1. The highest BCUT2D eigenvalue weighted by Gasteiger charge is 2.42. The van der Waals surface area contributed by atoms with Crippen LogP contribution >= 0.6 is 0 Å². The zero-order valence-corrected chi connectivity index (χ0v) is 10.5. The Morgan fingerprint density at radius 2 is 1.00 bits per heavy atom. The van der Waals surface area contributed by atoms with Gasteiger partial charge in [-0.15, -0.1) is 0 Å². The van der Waals surface area contributed by atoms with Crippen molar-refractivity contribution in [3.8, 4) is 0 Å². The van der Waals surface area contributed by atoms with Crippen molar-refractivity contribution in [1.82, 2.24) is 0 Å². The maximum Gasteiger partial charge on any atom is 0.00179 e. The summed E-state index contributed by atoms with van der Waals surface area (Å²) in [4.78, 5) is 0. The summed E-state index contributed by atoms with van der Waals surface area (Å²) in [6.45, 7) is 0. The van der Waals surface area contributed by atoms with Crippen LogP contribution < -0.4 is 0 Å². The van der Waals surface area contributed by atoms with Crippen LogP contribution in [0.25, 0.3) is 0 Å². The van der Waals surface area contributed by atoms with Crippen molar-refractivity contribution >= 4 is 0 Å². The fraction of sp³-hybridized carbons (Fsp3) is 0.529. The molecule has 3 aliphatic rings. The van der Waals surface area contributed by atoms with Gasteiger partial charge in [-0.1, -0.05) is 74.3 Å². The van der Waals surface area contributed by atoms with E-state index >= 15 is 0 Å². The Balaban J connectivity index is 1.92. The van der Waals surface area contributed by atoms with Crippen molar-refractivity contribution in [3.05, 3.63) is 48.6 Å². The molecule has 0 saturated heterocycles. The van der Waals surface area contributed by atoms with Crippen molar-refractivity contribution in [2.75, 3.05) is 0 Å². The molecule has 0 aromatic rings. The van der Waals surface area contributed by atoms with E-state index < -0.39 is 0 Å². The normalized spacial score (nSPS) is 28.0. The van der Waals surface area contributed by atoms with Gasteiger partial charge in [0.15, 0.2) is 0 Å². The highest BCUT2D eigenvalue weighted by molar-refractivity contribution is 5.28. The summed E-state index contributed by atoms with van der Waals surface area (Å²) in [5.74, 6) is 1.33. The van der Waals surface area contributed by atoms with Gasteiger partial charge >= 0.3 is 0 Å². The van der Waals surface area contributed by atoms with Gasteiger partial charge in [0.05, 0.1) is 0 Å². The lowest BCUT2D eigenvalue weighted by atomic mass is 9.63. The standard InChI is InChI=1S/C17H22/c1-2-8-14-17(13-7-1,15-9-3-4-10-15)16-11-5-6-12-16/h3-6,9-12,15-16H,1-2,7-8,13-14H2. The van der Waals surface area contributed by atoms with E-state index in [-0.39, 0.29) is 0 Å². The highest BCUT2D eigenvalue weighted by atomic mass is 14.5. The quantitative estimate of drug-likeness (QED) is 0.593. The largest absolute Gasteiger partial charge is 0.0770 e. The van der Waals surface area contributed by atoms with Gasteiger partial charge < -0.3 is 0 Å². The van der Waals surface area contributed by atoms with E-state index in [0.29, 0.717) is 17.3 Å². The summed E-state index contributed by atoms with van der Waals surface area (Å²) in [5.41, 5.74) is 0.476. The average molecular weight is 226 g/mol. The first-order valence-electron chi connectivity index (χ1n) is 7.12. The fourth-order valence-corrected chi connectivity index (χ4v) is 3.91. The second-order valence-corrected chi connectivity index (χ2v) is 5.74. The van der Waals surface area contributed by atoms with Gasteiger partial charge in [-0.3, -0.25) is 0 Å². The van der Waals surface area contributed by atoms with Gasteiger partial charge in [0, 0.05) is 11.8 Å². The van der Waals surface area contributed by atoms with Gasteiger partial charge in [-0.25, -0.2) is 0 Å². The monoisotopic (exact) mass is 226 g/mol. The van der Waals surface area contributed by atoms with E-state index in [9.17, 15) is 0 Å². The molecule has 0 aromatic heterocycles. The summed E-state index contributed by atoms with van der Waals surface area (Å²) >= 11 is 0. The van der Waals surface area contributed by atoms with Crippen molar-refractivity contribution in [2.24, 2.45) is 17.3 Å². The summed E-state index contributed by atoms with van der Waals surface area (Å²) < 4.78 is 0. The van der Waals surface area contributed by atoms with Crippen LogP contribution in [0.1, 0.15) is 38.5 Å². The third-order valence-corrected chi connectivity index (χ3v) is 4.86. The smallest absolute Gasteiger partial charge is 0.00179 e. The topological polar surface area (TPSA) is 0 Å². The maximum absolute atomic E-state index is 2.42. The predicted molar refractivity (Wildman–Crippen MR) is 73.7 cm³/mol. The highest BCUT2D eigenvalue weighted by Crippen LogP contribution is 2.51. The molecule has 90 valence electrons. The molecule has 1 fully saturated rings. The molecule has 3 rings (SSSR count). The zero-order valence-electron chi connectivity index (χ0n) is 10.5. The summed E-state index contributed by atoms with van der Waals surface area (Å²) in [5, 5.41) is 0. The SMILES string of the molecule is C1=CC(C2(C3C=CC=C3)CCCCCC2)C=C1. The Morgan fingerprint density at radius 1 is 0.588 bits per heavy atom. The molecule has 0 N–H and O–H groups in total. The molecule has 0 unspecified atom stereocenters. The molecule has 0 aromatic carbocycles. The first kappa shape index (κ1) is 11.1. The molecule has 0 aliphatic heterocycles. The molecule has 1 saturated carbocycles. The lowest BCUT2D eigenvalue weighted by Gasteiger charge is -2.41. The van der Waals surface area contributed by atoms with Crippen LogP contribution in [0.15, 0.2) is 48.6 Å². The number of hydrogen-bond acceptors (Lipinski definition) is 0. The van der Waals surface area contributed by atoms with E-state index in [1.807, 2.05) is 0 Å². The molecule has 0 heteroatoms. The number of rotatable bonds is 2. The molecule has 0 atom stereocenters. The van der Waals surface area contributed by atoms with Crippen molar-refractivity contribution in [3.63, 3.8) is 0 Å². The molecule has 17 heavy (non-hydrogen) atoms. The van der Waals surface area contributed by atoms with E-state index in [1.165, 1.54) is 38.5 Å². The summed E-state index contributed by atoms with van der Waals surface area (Å²) in [6, 6.07) is 0. The van der Waals surface area contributed by atoms with Gasteiger partial charge in [-0.2, -0.15) is 0 Å². The third-order valence-electron chi connectivity index (χ3n) is 4.86. The molecule has 0 radical (unpaired) electrons. The van der Waals surface area contributed by atoms with Gasteiger partial charge in [-0.05, 0) is 18.3 Å². The Hall–Kier alpha value is -1.04. The fourth-order valence-electron chi connectivity index (χ4n) is 3.91. The predicted octanol–water partition coefficient (Wildman–Crippen LogP) is 4.81. The van der Waals surface area contributed by atoms with Gasteiger partial charge in [0.1, 0.15) is 0 Å². The second kappa shape index (κ2) is 4.68. The van der Waals surface area contributed by atoms with Gasteiger partial charge in [0.2, 0.25) is 0 Å². The number of allylic oxidation sites excluding steroid dienone is 8. The van der Waals surface area contributed by atoms with Crippen LogP contribution in [-0.2, 0) is 0 Å². The van der Waals surface area contributed by atoms with E-state index in [0.717, 1.165) is 0 Å². The molecular formula is C17H22. The molecular weight excluding hydrogens is 204 g/mol. The van der Waals surface area contributed by atoms with Crippen LogP contribution in [0.2, 0.25) is 0 Å². The lowest BCUT2D eigenvalue weighted by molar-refractivity contribution is 0.156. The summed E-state index contributed by atoms with van der Waals surface area (Å²) in [7, 11) is 0. The zero-order chi connectivity index (χ0) is 11.6. The van der Waals surface area contributed by atoms with Crippen LogP contribution in [0.3, 0.4) is 0 Å². The van der Waals surface area contributed by atoms with Crippen LogP contribution in [0.5, 0.6) is 0 Å². The Morgan fingerprint density at radius 3 is 1.41 bits per heavy atom. The molecule has 0 amide bonds. The number of hydrogen-bond donors (Lipinski definition) is 0. The Labute approximate surface area is 105 Å². The Kier molecular flexibility index (Phi) is 3.05. The third kappa shape index (κ3) is 1.94. The minimum Gasteiger partial charge on any atom is -0.0770 e. The lowest BCUT2D eigenvalue weighted by Crippen LogP contribution is -2.33. The van der Waals surface area contributed by atoms with E-state index in [2.05, 4.69) is 48.6 Å². The Bertz CT molecular complexity index is 319. The molecule has 0 heterocycles. The van der Waals surface area contributed by atoms with Crippen molar-refractivity contribution in [2.45, 2.75) is 38.5 Å². The van der Waals surface area contributed by atoms with Gasteiger partial charge in [0.25, 0.3) is 0 Å². The molecule has 0 spiro atoms. The molecule has 0 bridgehead atoms. The van der Waals surface area contributed by atoms with Crippen LogP contribution in [0, 0.1) is 17.3 Å². The van der Waals surface area contributed by atoms with Crippen molar-refractivity contribution < 1.29 is 0 Å². The molecule has 3 aliphatic carbocycles. The first-order valence-corrected chi connectivity index (χ1v) is 7.12. The average Bonchev–Trinajstić information content (AvgIpc) is 3.00. The van der Waals surface area contributed by atoms with E-state index in [1.54, 1.807) is 0 Å². The van der Waals surface area contributed by atoms with Crippen LogP contribution in [0.4, 0.5) is 0 Å². The first-order chi connectivity index (χ1) is 8.42. The van der Waals surface area contributed by atoms with Crippen LogP contribution in [-0.4, -0.2) is 0 Å². The molecule has 0 nitrogen and oxygen atoms in total. The van der Waals surface area contributed by atoms with Crippen molar-refractivity contribution in [1.29, 1.82) is 0 Å². The minimum atomic E-state index is 0.476. The van der Waals surface area contributed by atoms with E-state index in [4.69, 9.17) is 0 Å². The second-order valence-electron chi connectivity index (χ2n) is 5.74.